The molecule has 2 aromatic heterocycles. The van der Waals surface area contributed by atoms with Crippen LogP contribution in [-0.4, -0.2) is 64.1 Å². The first kappa shape index (κ1) is 22.6. The van der Waals surface area contributed by atoms with Crippen LogP contribution >= 0.6 is 0 Å². The third kappa shape index (κ3) is 4.33. The van der Waals surface area contributed by atoms with Crippen molar-refractivity contribution in [2.45, 2.75) is 51.9 Å². The third-order valence-electron chi connectivity index (χ3n) is 6.54. The number of benzene rings is 1. The van der Waals surface area contributed by atoms with E-state index < -0.39 is 0 Å². The zero-order chi connectivity index (χ0) is 23.8. The minimum Gasteiger partial charge on any atom is -0.379 e. The maximum atomic E-state index is 13.2. The second-order valence-corrected chi connectivity index (χ2v) is 9.35. The summed E-state index contributed by atoms with van der Waals surface area (Å²) in [6.07, 6.45) is 3.61. The lowest BCUT2D eigenvalue weighted by molar-refractivity contribution is -0.0586. The number of ether oxygens (including phenoxy) is 2. The number of amides is 1. The quantitative estimate of drug-likeness (QED) is 0.613. The number of pyridine rings is 1. The predicted octanol–water partition coefficient (Wildman–Crippen LogP) is 3.38. The molecule has 0 radical (unpaired) electrons. The fraction of sp³-hybridized carbons (Fsp3) is 0.480. The number of anilines is 2. The summed E-state index contributed by atoms with van der Waals surface area (Å²) in [5, 5.41) is 8.59. The number of hydrogen-bond acceptors (Lipinski definition) is 6. The SMILES string of the molecule is Cc1cc(Nc2nn(C3CCCOC3)c3cc[nH]c(=O)c23)ccc1C(=O)N1CC(C)OC(C)C1. The minimum absolute atomic E-state index is 0.00882. The topological polar surface area (TPSA) is 101 Å². The summed E-state index contributed by atoms with van der Waals surface area (Å²) in [5.74, 6) is 0.506. The standard InChI is InChI=1S/C25H31N5O4/c1-15-11-18(6-7-20(15)25(32)29-12-16(2)34-17(3)13-29)27-23-22-21(8-9-26-24(22)31)30(28-23)19-5-4-10-33-14-19/h6-9,11,16-17,19H,4-5,10,12-14H2,1-3H3,(H,26,31)(H,27,28). The molecule has 2 aliphatic rings. The Morgan fingerprint density at radius 3 is 2.71 bits per heavy atom. The van der Waals surface area contributed by atoms with E-state index in [1.807, 2.05) is 54.6 Å². The molecule has 2 aliphatic heterocycles. The van der Waals surface area contributed by atoms with E-state index in [-0.39, 0.29) is 29.7 Å². The van der Waals surface area contributed by atoms with Crippen molar-refractivity contribution >= 4 is 28.3 Å². The third-order valence-corrected chi connectivity index (χ3v) is 6.54. The number of hydrogen-bond donors (Lipinski definition) is 2. The van der Waals surface area contributed by atoms with E-state index in [2.05, 4.69) is 10.3 Å². The highest BCUT2D eigenvalue weighted by molar-refractivity contribution is 5.97. The fourth-order valence-corrected chi connectivity index (χ4v) is 5.01. The average molecular weight is 466 g/mol. The molecule has 0 saturated carbocycles. The van der Waals surface area contributed by atoms with Crippen LogP contribution in [0, 0.1) is 6.92 Å². The van der Waals surface area contributed by atoms with Gasteiger partial charge in [-0.05, 0) is 63.4 Å². The lowest BCUT2D eigenvalue weighted by Crippen LogP contribution is -2.48. The zero-order valence-electron chi connectivity index (χ0n) is 19.8. The fourth-order valence-electron chi connectivity index (χ4n) is 5.01. The molecule has 2 N–H and O–H groups in total. The van der Waals surface area contributed by atoms with Crippen LogP contribution in [-0.2, 0) is 9.47 Å². The lowest BCUT2D eigenvalue weighted by Gasteiger charge is -2.35. The summed E-state index contributed by atoms with van der Waals surface area (Å²) < 4.78 is 13.3. The Bertz CT molecular complexity index is 1250. The first-order chi connectivity index (χ1) is 16.4. The van der Waals surface area contributed by atoms with Gasteiger partial charge in [-0.3, -0.25) is 14.3 Å². The molecule has 180 valence electrons. The highest BCUT2D eigenvalue weighted by Gasteiger charge is 2.27. The van der Waals surface area contributed by atoms with E-state index in [1.165, 1.54) is 0 Å². The van der Waals surface area contributed by atoms with Gasteiger partial charge in [-0.2, -0.15) is 5.10 Å². The number of carbonyl (C=O) groups excluding carboxylic acids is 1. The van der Waals surface area contributed by atoms with Crippen molar-refractivity contribution in [2.75, 3.05) is 31.6 Å². The molecule has 9 nitrogen and oxygen atoms in total. The van der Waals surface area contributed by atoms with E-state index in [4.69, 9.17) is 14.6 Å². The predicted molar refractivity (Wildman–Crippen MR) is 130 cm³/mol. The summed E-state index contributed by atoms with van der Waals surface area (Å²) in [4.78, 5) is 30.5. The van der Waals surface area contributed by atoms with Crippen molar-refractivity contribution in [3.05, 3.63) is 51.9 Å². The van der Waals surface area contributed by atoms with E-state index in [9.17, 15) is 9.59 Å². The second kappa shape index (κ2) is 9.23. The van der Waals surface area contributed by atoms with Gasteiger partial charge in [0.2, 0.25) is 0 Å². The summed E-state index contributed by atoms with van der Waals surface area (Å²) in [6.45, 7) is 8.40. The van der Waals surface area contributed by atoms with Crippen molar-refractivity contribution in [3.63, 3.8) is 0 Å². The molecule has 2 fully saturated rings. The van der Waals surface area contributed by atoms with Crippen molar-refractivity contribution < 1.29 is 14.3 Å². The Labute approximate surface area is 198 Å². The second-order valence-electron chi connectivity index (χ2n) is 9.35. The van der Waals surface area contributed by atoms with Gasteiger partial charge in [-0.15, -0.1) is 0 Å². The number of aromatic amines is 1. The van der Waals surface area contributed by atoms with Crippen LogP contribution in [0.25, 0.3) is 10.9 Å². The zero-order valence-corrected chi connectivity index (χ0v) is 19.8. The van der Waals surface area contributed by atoms with Crippen LogP contribution in [0.1, 0.15) is 48.7 Å². The van der Waals surface area contributed by atoms with Gasteiger partial charge >= 0.3 is 0 Å². The normalized spacial score (nSPS) is 23.3. The molecule has 0 aliphatic carbocycles. The van der Waals surface area contributed by atoms with Crippen LogP contribution in [0.3, 0.4) is 0 Å². The van der Waals surface area contributed by atoms with Crippen molar-refractivity contribution in [1.29, 1.82) is 0 Å². The summed E-state index contributed by atoms with van der Waals surface area (Å²) >= 11 is 0. The van der Waals surface area contributed by atoms with Gasteiger partial charge < -0.3 is 24.7 Å². The molecule has 1 amide bonds. The minimum atomic E-state index is -0.193. The summed E-state index contributed by atoms with van der Waals surface area (Å²) in [7, 11) is 0. The number of fused-ring (bicyclic) bond motifs is 1. The van der Waals surface area contributed by atoms with Crippen LogP contribution < -0.4 is 10.9 Å². The van der Waals surface area contributed by atoms with Crippen LogP contribution in [0.15, 0.2) is 35.3 Å². The molecule has 0 bridgehead atoms. The van der Waals surface area contributed by atoms with Crippen molar-refractivity contribution in [3.8, 4) is 0 Å². The highest BCUT2D eigenvalue weighted by atomic mass is 16.5. The van der Waals surface area contributed by atoms with Gasteiger partial charge in [0, 0.05) is 37.1 Å². The van der Waals surface area contributed by atoms with Gasteiger partial charge in [-0.1, -0.05) is 0 Å². The highest BCUT2D eigenvalue weighted by Crippen LogP contribution is 2.29. The molecule has 1 aromatic carbocycles. The molecule has 3 unspecified atom stereocenters. The molecule has 34 heavy (non-hydrogen) atoms. The van der Waals surface area contributed by atoms with E-state index >= 15 is 0 Å². The molecular weight excluding hydrogens is 434 g/mol. The number of morpholine rings is 1. The molecule has 3 atom stereocenters. The smallest absolute Gasteiger partial charge is 0.261 e. The van der Waals surface area contributed by atoms with Gasteiger partial charge in [0.25, 0.3) is 11.5 Å². The lowest BCUT2D eigenvalue weighted by atomic mass is 10.1. The van der Waals surface area contributed by atoms with Crippen molar-refractivity contribution in [2.24, 2.45) is 0 Å². The van der Waals surface area contributed by atoms with E-state index in [0.29, 0.717) is 36.5 Å². The van der Waals surface area contributed by atoms with Gasteiger partial charge in [0.05, 0.1) is 30.4 Å². The van der Waals surface area contributed by atoms with Crippen LogP contribution in [0.2, 0.25) is 0 Å². The maximum absolute atomic E-state index is 13.2. The number of H-pyrrole nitrogens is 1. The number of aromatic nitrogens is 3. The Kier molecular flexibility index (Phi) is 6.14. The van der Waals surface area contributed by atoms with Gasteiger partial charge in [0.1, 0.15) is 5.39 Å². The van der Waals surface area contributed by atoms with E-state index in [0.717, 1.165) is 36.2 Å². The first-order valence-electron chi connectivity index (χ1n) is 11.9. The molecule has 5 rings (SSSR count). The number of rotatable bonds is 4. The Hall–Kier alpha value is -3.17. The maximum Gasteiger partial charge on any atom is 0.261 e. The monoisotopic (exact) mass is 465 g/mol. The summed E-state index contributed by atoms with van der Waals surface area (Å²) in [5.41, 5.74) is 2.88. The molecular formula is C25H31N5O4. The Morgan fingerprint density at radius 1 is 1.21 bits per heavy atom. The van der Waals surface area contributed by atoms with Crippen molar-refractivity contribution in [1.82, 2.24) is 19.7 Å². The largest absolute Gasteiger partial charge is 0.379 e. The van der Waals surface area contributed by atoms with E-state index in [1.54, 1.807) is 6.20 Å². The summed E-state index contributed by atoms with van der Waals surface area (Å²) in [6, 6.07) is 7.59. The molecule has 4 heterocycles. The van der Waals surface area contributed by atoms with Gasteiger partial charge in [0.15, 0.2) is 5.82 Å². The van der Waals surface area contributed by atoms with Gasteiger partial charge in [-0.25, -0.2) is 0 Å². The average Bonchev–Trinajstić information content (AvgIpc) is 3.18. The molecule has 2 saturated heterocycles. The Balaban J connectivity index is 1.43. The number of nitrogens with one attached hydrogen (secondary N) is 2. The number of nitrogens with zero attached hydrogens (tertiary/aromatic N) is 3. The molecule has 9 heteroatoms. The molecule has 3 aromatic rings. The van der Waals surface area contributed by atoms with Crippen LogP contribution in [0.4, 0.5) is 11.5 Å². The number of carbonyl (C=O) groups is 1. The number of aryl methyl sites for hydroxylation is 1. The first-order valence-corrected chi connectivity index (χ1v) is 11.9. The molecule has 0 spiro atoms. The van der Waals surface area contributed by atoms with Crippen LogP contribution in [0.5, 0.6) is 0 Å². The Morgan fingerprint density at radius 2 is 2.00 bits per heavy atom.